The van der Waals surface area contributed by atoms with Crippen molar-refractivity contribution in [1.82, 2.24) is 9.88 Å². The highest BCUT2D eigenvalue weighted by Gasteiger charge is 2.32. The highest BCUT2D eigenvalue weighted by Crippen LogP contribution is 2.30. The Morgan fingerprint density at radius 2 is 1.94 bits per heavy atom. The molecular weight excluding hydrogens is 409 g/mol. The van der Waals surface area contributed by atoms with Crippen LogP contribution in [0.2, 0.25) is 0 Å². The van der Waals surface area contributed by atoms with Crippen LogP contribution in [-0.2, 0) is 28.6 Å². The highest BCUT2D eigenvalue weighted by atomic mass is 19.4. The first-order valence-corrected chi connectivity index (χ1v) is 10.1. The van der Waals surface area contributed by atoms with Crippen molar-refractivity contribution in [2.45, 2.75) is 32.0 Å². The lowest BCUT2D eigenvalue weighted by Crippen LogP contribution is -2.53. The molecule has 1 N–H and O–H groups in total. The van der Waals surface area contributed by atoms with Crippen LogP contribution in [0.15, 0.2) is 36.5 Å². The zero-order valence-corrected chi connectivity index (χ0v) is 17.1. The Bertz CT molecular complexity index is 991. The number of nitrogens with zero attached hydrogens (tertiary/aromatic N) is 3. The third-order valence-electron chi connectivity index (χ3n) is 5.71. The first-order chi connectivity index (χ1) is 14.7. The number of amides is 1. The summed E-state index contributed by atoms with van der Waals surface area (Å²) in [6.07, 6.45) is -2.68. The molecule has 4 rings (SSSR count). The van der Waals surface area contributed by atoms with E-state index in [1.807, 2.05) is 34.9 Å². The summed E-state index contributed by atoms with van der Waals surface area (Å²) in [6.45, 7) is 3.93. The van der Waals surface area contributed by atoms with Crippen molar-refractivity contribution in [3.05, 3.63) is 53.2 Å². The number of alkyl halides is 3. The average molecular weight is 432 g/mol. The molecule has 1 aromatic carbocycles. The maximum absolute atomic E-state index is 12.7. The van der Waals surface area contributed by atoms with Crippen molar-refractivity contribution >= 4 is 23.2 Å². The number of halogens is 3. The van der Waals surface area contributed by atoms with E-state index in [2.05, 4.69) is 10.3 Å². The summed E-state index contributed by atoms with van der Waals surface area (Å²) >= 11 is 0. The first-order valence-electron chi connectivity index (χ1n) is 10.1. The summed E-state index contributed by atoms with van der Waals surface area (Å²) in [7, 11) is 0. The van der Waals surface area contributed by atoms with E-state index in [0.29, 0.717) is 44.0 Å². The molecule has 0 bridgehead atoms. The number of pyridine rings is 1. The molecule has 1 atom stereocenters. The molecule has 1 saturated heterocycles. The monoisotopic (exact) mass is 432 g/mol. The molecule has 0 radical (unpaired) electrons. The normalized spacial score (nSPS) is 19.4. The van der Waals surface area contributed by atoms with E-state index >= 15 is 0 Å². The average Bonchev–Trinajstić information content (AvgIpc) is 3.07. The van der Waals surface area contributed by atoms with Gasteiger partial charge in [0.2, 0.25) is 5.91 Å². The van der Waals surface area contributed by atoms with Gasteiger partial charge in [0.1, 0.15) is 11.6 Å². The number of hydrogen-bond acceptors (Lipinski definition) is 5. The molecule has 1 aromatic heterocycles. The fraction of sp³-hybridized carbons (Fsp3) is 0.409. The van der Waals surface area contributed by atoms with Gasteiger partial charge in [0.05, 0.1) is 12.1 Å². The fourth-order valence-corrected chi connectivity index (χ4v) is 4.17. The smallest absolute Gasteiger partial charge is 0.351 e. The third kappa shape index (κ3) is 4.87. The third-order valence-corrected chi connectivity index (χ3v) is 5.71. The van der Waals surface area contributed by atoms with Crippen LogP contribution in [0.3, 0.4) is 0 Å². The van der Waals surface area contributed by atoms with E-state index in [-0.39, 0.29) is 24.3 Å². The molecular formula is C22H23F3N4O2. The van der Waals surface area contributed by atoms with E-state index in [0.717, 1.165) is 23.4 Å². The molecule has 1 amide bonds. The molecule has 1 aliphatic carbocycles. The first kappa shape index (κ1) is 21.3. The Kier molecular flexibility index (Phi) is 5.70. The maximum atomic E-state index is 12.7. The zero-order valence-electron chi connectivity index (χ0n) is 17.1. The van der Waals surface area contributed by atoms with E-state index in [1.54, 1.807) is 0 Å². The second-order valence-electron chi connectivity index (χ2n) is 8.10. The lowest BCUT2D eigenvalue weighted by atomic mass is 10.1. The molecule has 0 unspecified atom stereocenters. The lowest BCUT2D eigenvalue weighted by molar-refractivity contribution is -0.137. The predicted octanol–water partition coefficient (Wildman–Crippen LogP) is 2.92. The number of Topliss-reactive ketones (excluding diaryl/α,β-unsaturated/α-hetero) is 1. The van der Waals surface area contributed by atoms with E-state index < -0.39 is 11.7 Å². The van der Waals surface area contributed by atoms with Crippen molar-refractivity contribution in [3.63, 3.8) is 0 Å². The van der Waals surface area contributed by atoms with Gasteiger partial charge in [0.25, 0.3) is 0 Å². The number of ketones is 1. The van der Waals surface area contributed by atoms with Crippen molar-refractivity contribution in [2.75, 3.05) is 36.4 Å². The van der Waals surface area contributed by atoms with Crippen LogP contribution >= 0.6 is 0 Å². The minimum atomic E-state index is -4.41. The summed E-state index contributed by atoms with van der Waals surface area (Å²) in [5.74, 6) is 0.544. The highest BCUT2D eigenvalue weighted by molar-refractivity contribution is 5.93. The molecule has 9 heteroatoms. The molecule has 1 aliphatic heterocycles. The number of piperazine rings is 1. The van der Waals surface area contributed by atoms with Crippen LogP contribution in [0, 0.1) is 0 Å². The molecule has 0 spiro atoms. The van der Waals surface area contributed by atoms with Crippen molar-refractivity contribution in [1.29, 1.82) is 0 Å². The summed E-state index contributed by atoms with van der Waals surface area (Å²) in [5.41, 5.74) is 1.90. The minimum Gasteiger partial charge on any atom is -0.351 e. The number of fused-ring (bicyclic) bond motifs is 1. The molecule has 31 heavy (non-hydrogen) atoms. The number of hydrogen-bond donors (Lipinski definition) is 1. The van der Waals surface area contributed by atoms with Crippen LogP contribution in [0.4, 0.5) is 24.7 Å². The van der Waals surface area contributed by atoms with E-state index in [9.17, 15) is 22.8 Å². The van der Waals surface area contributed by atoms with Gasteiger partial charge in [0.15, 0.2) is 0 Å². The standard InChI is InChI=1S/C22H23F3N4O2/c1-14-12-28(6-7-29(14)20-5-3-17(11-26-20)22(23,24)25)13-21(31)27-18-4-2-15-9-19(30)10-16(15)8-18/h2-5,8,11,14H,6-7,9-10,12-13H2,1H3,(H,27,31)/t14-/m1/s1. The number of nitrogens with one attached hydrogen (secondary N) is 1. The Morgan fingerprint density at radius 1 is 1.16 bits per heavy atom. The van der Waals surface area contributed by atoms with Gasteiger partial charge in [0, 0.05) is 50.4 Å². The molecule has 2 aromatic rings. The summed E-state index contributed by atoms with van der Waals surface area (Å²) in [6, 6.07) is 7.98. The van der Waals surface area contributed by atoms with Crippen LogP contribution in [0.5, 0.6) is 0 Å². The SMILES string of the molecule is C[C@@H]1CN(CC(=O)Nc2ccc3c(c2)CC(=O)C3)CCN1c1ccc(C(F)(F)F)cn1. The molecule has 0 saturated carbocycles. The van der Waals surface area contributed by atoms with Gasteiger partial charge in [-0.2, -0.15) is 13.2 Å². The number of rotatable bonds is 4. The van der Waals surface area contributed by atoms with Gasteiger partial charge in [-0.1, -0.05) is 6.07 Å². The zero-order chi connectivity index (χ0) is 22.2. The van der Waals surface area contributed by atoms with Crippen LogP contribution in [0.25, 0.3) is 0 Å². The number of anilines is 2. The summed E-state index contributed by atoms with van der Waals surface area (Å²) < 4.78 is 38.2. The van der Waals surface area contributed by atoms with Crippen LogP contribution in [0.1, 0.15) is 23.6 Å². The quantitative estimate of drug-likeness (QED) is 0.805. The Balaban J connectivity index is 1.31. The number of aromatic nitrogens is 1. The topological polar surface area (TPSA) is 65.5 Å². The second kappa shape index (κ2) is 8.30. The van der Waals surface area contributed by atoms with Gasteiger partial charge in [-0.3, -0.25) is 14.5 Å². The Hall–Kier alpha value is -2.94. The van der Waals surface area contributed by atoms with Crippen LogP contribution in [-0.4, -0.2) is 53.8 Å². The predicted molar refractivity (Wildman–Crippen MR) is 110 cm³/mol. The van der Waals surface area contributed by atoms with Gasteiger partial charge in [-0.15, -0.1) is 0 Å². The fourth-order valence-electron chi connectivity index (χ4n) is 4.17. The minimum absolute atomic E-state index is 0.00297. The number of carbonyl (C=O) groups excluding carboxylic acids is 2. The van der Waals surface area contributed by atoms with Gasteiger partial charge in [-0.25, -0.2) is 4.98 Å². The number of benzene rings is 1. The maximum Gasteiger partial charge on any atom is 0.417 e. The van der Waals surface area contributed by atoms with E-state index in [4.69, 9.17) is 0 Å². The molecule has 164 valence electrons. The van der Waals surface area contributed by atoms with E-state index in [1.165, 1.54) is 6.07 Å². The number of carbonyl (C=O) groups is 2. The summed E-state index contributed by atoms with van der Waals surface area (Å²) in [5, 5.41) is 2.89. The largest absolute Gasteiger partial charge is 0.417 e. The molecule has 6 nitrogen and oxygen atoms in total. The van der Waals surface area contributed by atoms with Crippen molar-refractivity contribution in [2.24, 2.45) is 0 Å². The lowest BCUT2D eigenvalue weighted by Gasteiger charge is -2.40. The van der Waals surface area contributed by atoms with Crippen molar-refractivity contribution < 1.29 is 22.8 Å². The van der Waals surface area contributed by atoms with Gasteiger partial charge < -0.3 is 10.2 Å². The molecule has 2 aliphatic rings. The van der Waals surface area contributed by atoms with Crippen LogP contribution < -0.4 is 10.2 Å². The Labute approximate surface area is 178 Å². The second-order valence-corrected chi connectivity index (χ2v) is 8.10. The van der Waals surface area contributed by atoms with Gasteiger partial charge >= 0.3 is 6.18 Å². The van der Waals surface area contributed by atoms with Crippen molar-refractivity contribution in [3.8, 4) is 0 Å². The summed E-state index contributed by atoms with van der Waals surface area (Å²) in [4.78, 5) is 32.0. The van der Waals surface area contributed by atoms with Gasteiger partial charge in [-0.05, 0) is 42.3 Å². The Morgan fingerprint density at radius 3 is 2.61 bits per heavy atom. The molecule has 2 heterocycles. The molecule has 1 fully saturated rings.